The molecule has 54 valence electrons. The molecule has 1 aliphatic rings. The van der Waals surface area contributed by atoms with E-state index in [0.29, 0.717) is 0 Å². The molecule has 1 aliphatic heterocycles. The van der Waals surface area contributed by atoms with Gasteiger partial charge in [-0.15, -0.1) is 0 Å². The molecule has 1 heterocycles. The van der Waals surface area contributed by atoms with Crippen LogP contribution in [0.2, 0.25) is 0 Å². The lowest BCUT2D eigenvalue weighted by Gasteiger charge is -1.93. The van der Waals surface area contributed by atoms with Gasteiger partial charge in [0.05, 0.1) is 12.8 Å². The van der Waals surface area contributed by atoms with Crippen molar-refractivity contribution in [3.63, 3.8) is 0 Å². The van der Waals surface area contributed by atoms with Gasteiger partial charge in [-0.2, -0.15) is 10.2 Å². The Balaban J connectivity index is 2.62. The van der Waals surface area contributed by atoms with Gasteiger partial charge in [0, 0.05) is 13.5 Å². The van der Waals surface area contributed by atoms with E-state index in [9.17, 15) is 0 Å². The van der Waals surface area contributed by atoms with Crippen LogP contribution in [-0.4, -0.2) is 13.7 Å². The van der Waals surface area contributed by atoms with Crippen molar-refractivity contribution in [2.24, 2.45) is 10.2 Å². The summed E-state index contributed by atoms with van der Waals surface area (Å²) in [5.74, 6) is 0.769. The van der Waals surface area contributed by atoms with Crippen molar-refractivity contribution in [2.75, 3.05) is 13.7 Å². The van der Waals surface area contributed by atoms with Crippen LogP contribution in [0.25, 0.3) is 0 Å². The minimum atomic E-state index is 0.726. The minimum absolute atomic E-state index is 0.726. The molecule has 0 unspecified atom stereocenters. The summed E-state index contributed by atoms with van der Waals surface area (Å²) in [6.07, 6.45) is 2.50. The standard InChI is InChI=1S/C7H10N2O/c1-6-3-4-10-7(6)5-9-8-2/h5H,1,3-4H2,2H3/b7-5+,9-8-. The molecule has 10 heavy (non-hydrogen) atoms. The number of rotatable bonds is 1. The molecule has 0 bridgehead atoms. The van der Waals surface area contributed by atoms with Crippen LogP contribution in [0.15, 0.2) is 34.3 Å². The summed E-state index contributed by atoms with van der Waals surface area (Å²) < 4.78 is 5.18. The molecule has 0 spiro atoms. The van der Waals surface area contributed by atoms with Gasteiger partial charge in [0.25, 0.3) is 0 Å². The normalized spacial score (nSPS) is 22.5. The number of allylic oxidation sites excluding steroid dienone is 1. The summed E-state index contributed by atoms with van der Waals surface area (Å²) in [6.45, 7) is 4.52. The lowest BCUT2D eigenvalue weighted by Crippen LogP contribution is -1.77. The Morgan fingerprint density at radius 2 is 2.50 bits per heavy atom. The molecule has 1 rings (SSSR count). The van der Waals surface area contributed by atoms with Crippen molar-refractivity contribution >= 4 is 0 Å². The first-order chi connectivity index (χ1) is 4.84. The van der Waals surface area contributed by atoms with Gasteiger partial charge >= 0.3 is 0 Å². The van der Waals surface area contributed by atoms with Crippen LogP contribution in [0, 0.1) is 0 Å². The smallest absolute Gasteiger partial charge is 0.142 e. The van der Waals surface area contributed by atoms with Crippen LogP contribution in [0.4, 0.5) is 0 Å². The summed E-state index contributed by atoms with van der Waals surface area (Å²) in [5, 5.41) is 7.24. The van der Waals surface area contributed by atoms with Crippen molar-refractivity contribution in [1.29, 1.82) is 0 Å². The summed E-state index contributed by atoms with van der Waals surface area (Å²) in [4.78, 5) is 0. The SMILES string of the molecule is C=C1CCO/C1=C/N=N\C. The lowest BCUT2D eigenvalue weighted by molar-refractivity contribution is 0.264. The fourth-order valence-electron chi connectivity index (χ4n) is 0.748. The van der Waals surface area contributed by atoms with E-state index in [4.69, 9.17) is 4.74 Å². The summed E-state index contributed by atoms with van der Waals surface area (Å²) >= 11 is 0. The van der Waals surface area contributed by atoms with Gasteiger partial charge in [0.2, 0.25) is 0 Å². The number of hydrogen-bond donors (Lipinski definition) is 0. The van der Waals surface area contributed by atoms with Crippen molar-refractivity contribution in [3.05, 3.63) is 24.1 Å². The maximum absolute atomic E-state index is 5.18. The highest BCUT2D eigenvalue weighted by Crippen LogP contribution is 2.21. The molecule has 3 nitrogen and oxygen atoms in total. The second kappa shape index (κ2) is 3.15. The average Bonchev–Trinajstić information content (AvgIpc) is 2.31. The first-order valence-corrected chi connectivity index (χ1v) is 3.14. The quantitative estimate of drug-likeness (QED) is 0.509. The zero-order valence-corrected chi connectivity index (χ0v) is 6.00. The fraction of sp³-hybridized carbons (Fsp3) is 0.429. The number of ether oxygens (including phenoxy) is 1. The highest BCUT2D eigenvalue weighted by molar-refractivity contribution is 5.25. The van der Waals surface area contributed by atoms with E-state index >= 15 is 0 Å². The molecule has 0 amide bonds. The van der Waals surface area contributed by atoms with Gasteiger partial charge in [0.15, 0.2) is 0 Å². The molecule has 0 aromatic rings. The van der Waals surface area contributed by atoms with E-state index in [0.717, 1.165) is 24.4 Å². The van der Waals surface area contributed by atoms with E-state index in [-0.39, 0.29) is 0 Å². The van der Waals surface area contributed by atoms with Crippen LogP contribution in [0.3, 0.4) is 0 Å². The molecule has 1 saturated heterocycles. The van der Waals surface area contributed by atoms with Crippen molar-refractivity contribution in [3.8, 4) is 0 Å². The minimum Gasteiger partial charge on any atom is -0.491 e. The Bertz CT molecular complexity index is 194. The maximum atomic E-state index is 5.18. The summed E-state index contributed by atoms with van der Waals surface area (Å²) in [5.41, 5.74) is 1.01. The molecule has 0 aromatic carbocycles. The first kappa shape index (κ1) is 6.99. The third-order valence-corrected chi connectivity index (χ3v) is 1.30. The van der Waals surface area contributed by atoms with Crippen molar-refractivity contribution < 1.29 is 4.74 Å². The molecule has 0 N–H and O–H groups in total. The molecule has 0 radical (unpaired) electrons. The molecule has 0 aliphatic carbocycles. The van der Waals surface area contributed by atoms with Crippen molar-refractivity contribution in [2.45, 2.75) is 6.42 Å². The van der Waals surface area contributed by atoms with Crippen LogP contribution >= 0.6 is 0 Å². The highest BCUT2D eigenvalue weighted by Gasteiger charge is 2.11. The van der Waals surface area contributed by atoms with E-state index < -0.39 is 0 Å². The Morgan fingerprint density at radius 3 is 3.00 bits per heavy atom. The van der Waals surface area contributed by atoms with Gasteiger partial charge in [-0.25, -0.2) is 0 Å². The third kappa shape index (κ3) is 1.43. The Hall–Kier alpha value is -1.12. The Morgan fingerprint density at radius 1 is 1.70 bits per heavy atom. The summed E-state index contributed by atoms with van der Waals surface area (Å²) in [6, 6.07) is 0. The number of hydrogen-bond acceptors (Lipinski definition) is 3. The summed E-state index contributed by atoms with van der Waals surface area (Å²) in [7, 11) is 1.62. The average molecular weight is 138 g/mol. The van der Waals surface area contributed by atoms with E-state index in [1.807, 2.05) is 0 Å². The van der Waals surface area contributed by atoms with Crippen LogP contribution < -0.4 is 0 Å². The largest absolute Gasteiger partial charge is 0.491 e. The number of azo groups is 1. The maximum Gasteiger partial charge on any atom is 0.142 e. The zero-order chi connectivity index (χ0) is 7.40. The molecule has 0 saturated carbocycles. The molecule has 0 aromatic heterocycles. The first-order valence-electron chi connectivity index (χ1n) is 3.14. The zero-order valence-electron chi connectivity index (χ0n) is 6.00. The molecule has 0 atom stereocenters. The van der Waals surface area contributed by atoms with Gasteiger partial charge in [0.1, 0.15) is 5.76 Å². The van der Waals surface area contributed by atoms with Gasteiger partial charge in [-0.1, -0.05) is 6.58 Å². The van der Waals surface area contributed by atoms with Gasteiger partial charge < -0.3 is 4.74 Å². The Kier molecular flexibility index (Phi) is 2.20. The molecule has 3 heteroatoms. The van der Waals surface area contributed by atoms with Gasteiger partial charge in [-0.3, -0.25) is 0 Å². The lowest BCUT2D eigenvalue weighted by atomic mass is 10.2. The second-order valence-electron chi connectivity index (χ2n) is 2.01. The van der Waals surface area contributed by atoms with Gasteiger partial charge in [-0.05, 0) is 5.57 Å². The predicted molar refractivity (Wildman–Crippen MR) is 38.6 cm³/mol. The predicted octanol–water partition coefficient (Wildman–Crippen LogP) is 1.89. The van der Waals surface area contributed by atoms with Crippen LogP contribution in [-0.2, 0) is 4.74 Å². The second-order valence-corrected chi connectivity index (χ2v) is 2.01. The molecule has 1 fully saturated rings. The monoisotopic (exact) mass is 138 g/mol. The Labute approximate surface area is 60.1 Å². The van der Waals surface area contributed by atoms with Crippen LogP contribution in [0.1, 0.15) is 6.42 Å². The highest BCUT2D eigenvalue weighted by atomic mass is 16.5. The third-order valence-electron chi connectivity index (χ3n) is 1.30. The topological polar surface area (TPSA) is 34.0 Å². The molecular formula is C7H10N2O. The van der Waals surface area contributed by atoms with Crippen LogP contribution in [0.5, 0.6) is 0 Å². The van der Waals surface area contributed by atoms with E-state index in [1.165, 1.54) is 0 Å². The van der Waals surface area contributed by atoms with E-state index in [2.05, 4.69) is 16.8 Å². The van der Waals surface area contributed by atoms with Crippen molar-refractivity contribution in [1.82, 2.24) is 0 Å². The van der Waals surface area contributed by atoms with E-state index in [1.54, 1.807) is 13.2 Å². The number of nitrogens with zero attached hydrogens (tertiary/aromatic N) is 2. The molecular weight excluding hydrogens is 128 g/mol. The fourth-order valence-corrected chi connectivity index (χ4v) is 0.748.